The summed E-state index contributed by atoms with van der Waals surface area (Å²) in [6.45, 7) is 3.33. The first-order valence-corrected chi connectivity index (χ1v) is 6.25. The molecule has 1 unspecified atom stereocenters. The van der Waals surface area contributed by atoms with Gasteiger partial charge in [-0.1, -0.05) is 6.07 Å². The third kappa shape index (κ3) is 2.34. The van der Waals surface area contributed by atoms with Gasteiger partial charge in [-0.2, -0.15) is 0 Å². The van der Waals surface area contributed by atoms with Gasteiger partial charge in [0.2, 0.25) is 0 Å². The van der Waals surface area contributed by atoms with Crippen molar-refractivity contribution in [2.75, 3.05) is 27.2 Å². The molecule has 1 fully saturated rings. The third-order valence-corrected chi connectivity index (χ3v) is 3.72. The van der Waals surface area contributed by atoms with Crippen molar-refractivity contribution in [2.45, 2.75) is 19.4 Å². The molecule has 1 aliphatic heterocycles. The van der Waals surface area contributed by atoms with E-state index in [9.17, 15) is 9.90 Å². The lowest BCUT2D eigenvalue weighted by molar-refractivity contribution is 0.0782. The van der Waals surface area contributed by atoms with Crippen LogP contribution in [0.5, 0.6) is 5.75 Å². The van der Waals surface area contributed by atoms with Crippen molar-refractivity contribution in [1.29, 1.82) is 0 Å². The van der Waals surface area contributed by atoms with E-state index in [1.54, 1.807) is 25.1 Å². The van der Waals surface area contributed by atoms with E-state index in [-0.39, 0.29) is 11.7 Å². The molecular weight excluding hydrogens is 228 g/mol. The minimum absolute atomic E-state index is 0.0211. The molecule has 2 rings (SSSR count). The first-order valence-electron chi connectivity index (χ1n) is 6.25. The Kier molecular flexibility index (Phi) is 3.57. The zero-order valence-electron chi connectivity index (χ0n) is 11.2. The number of nitrogens with zero attached hydrogens (tertiary/aromatic N) is 2. The minimum atomic E-state index is 0.0211. The molecule has 1 heterocycles. The summed E-state index contributed by atoms with van der Waals surface area (Å²) in [4.78, 5) is 16.4. The number of likely N-dealkylation sites (N-methyl/N-ethyl adjacent to an activating group) is 1. The van der Waals surface area contributed by atoms with Gasteiger partial charge in [-0.15, -0.1) is 0 Å². The van der Waals surface area contributed by atoms with Crippen LogP contribution in [0.3, 0.4) is 0 Å². The van der Waals surface area contributed by atoms with E-state index in [1.165, 1.54) is 0 Å². The molecule has 1 aromatic carbocycles. The molecule has 1 aromatic rings. The highest BCUT2D eigenvalue weighted by atomic mass is 16.3. The molecule has 0 spiro atoms. The minimum Gasteiger partial charge on any atom is -0.508 e. The molecule has 0 bridgehead atoms. The van der Waals surface area contributed by atoms with Crippen molar-refractivity contribution in [2.24, 2.45) is 0 Å². The van der Waals surface area contributed by atoms with E-state index in [4.69, 9.17) is 0 Å². The molecule has 98 valence electrons. The van der Waals surface area contributed by atoms with E-state index in [0.29, 0.717) is 17.2 Å². The number of carbonyl (C=O) groups excluding carboxylic acids is 1. The highest BCUT2D eigenvalue weighted by molar-refractivity contribution is 5.96. The van der Waals surface area contributed by atoms with Crippen LogP contribution in [0.15, 0.2) is 18.2 Å². The maximum absolute atomic E-state index is 12.4. The van der Waals surface area contributed by atoms with Gasteiger partial charge in [0, 0.05) is 30.3 Å². The number of benzene rings is 1. The molecule has 1 N–H and O–H groups in total. The second-order valence-electron chi connectivity index (χ2n) is 5.11. The number of amides is 1. The Morgan fingerprint density at radius 3 is 2.78 bits per heavy atom. The number of hydrogen-bond donors (Lipinski definition) is 1. The molecule has 0 aromatic heterocycles. The van der Waals surface area contributed by atoms with E-state index < -0.39 is 0 Å². The van der Waals surface area contributed by atoms with E-state index in [0.717, 1.165) is 19.5 Å². The summed E-state index contributed by atoms with van der Waals surface area (Å²) in [5.41, 5.74) is 1.27. The van der Waals surface area contributed by atoms with Gasteiger partial charge in [0.15, 0.2) is 0 Å². The van der Waals surface area contributed by atoms with E-state index in [2.05, 4.69) is 4.90 Å². The van der Waals surface area contributed by atoms with E-state index >= 15 is 0 Å². The summed E-state index contributed by atoms with van der Waals surface area (Å²) < 4.78 is 0. The smallest absolute Gasteiger partial charge is 0.254 e. The van der Waals surface area contributed by atoms with Crippen molar-refractivity contribution in [1.82, 2.24) is 9.80 Å². The number of hydrogen-bond acceptors (Lipinski definition) is 3. The Bertz CT molecular complexity index is 457. The van der Waals surface area contributed by atoms with Crippen molar-refractivity contribution in [3.8, 4) is 5.75 Å². The number of phenolic OH excluding ortho intramolecular Hbond substituents is 1. The predicted molar refractivity (Wildman–Crippen MR) is 70.8 cm³/mol. The second kappa shape index (κ2) is 4.98. The Balaban J connectivity index is 2.16. The fourth-order valence-corrected chi connectivity index (χ4v) is 2.37. The molecule has 0 saturated carbocycles. The van der Waals surface area contributed by atoms with Crippen LogP contribution in [-0.2, 0) is 0 Å². The van der Waals surface area contributed by atoms with Crippen LogP contribution in [0.4, 0.5) is 0 Å². The quantitative estimate of drug-likeness (QED) is 0.862. The highest BCUT2D eigenvalue weighted by Crippen LogP contribution is 2.23. The van der Waals surface area contributed by atoms with Crippen molar-refractivity contribution in [3.05, 3.63) is 29.3 Å². The molecule has 1 aliphatic rings. The monoisotopic (exact) mass is 248 g/mol. The Labute approximate surface area is 108 Å². The average Bonchev–Trinajstić information content (AvgIpc) is 2.81. The normalized spacial score (nSPS) is 19.6. The Hall–Kier alpha value is -1.55. The lowest BCUT2D eigenvalue weighted by Gasteiger charge is -2.21. The predicted octanol–water partition coefficient (Wildman–Crippen LogP) is 1.48. The summed E-state index contributed by atoms with van der Waals surface area (Å²) in [5.74, 6) is 0.206. The van der Waals surface area contributed by atoms with E-state index in [1.807, 2.05) is 19.0 Å². The van der Waals surface area contributed by atoms with Gasteiger partial charge in [0.05, 0.1) is 0 Å². The van der Waals surface area contributed by atoms with Crippen LogP contribution in [0.2, 0.25) is 0 Å². The van der Waals surface area contributed by atoms with Gasteiger partial charge >= 0.3 is 0 Å². The third-order valence-electron chi connectivity index (χ3n) is 3.72. The van der Waals surface area contributed by atoms with Gasteiger partial charge in [0.1, 0.15) is 5.75 Å². The van der Waals surface area contributed by atoms with Gasteiger partial charge < -0.3 is 14.9 Å². The van der Waals surface area contributed by atoms with Crippen molar-refractivity contribution >= 4 is 5.91 Å². The molecule has 1 atom stereocenters. The first kappa shape index (κ1) is 12.9. The van der Waals surface area contributed by atoms with Crippen LogP contribution in [0.25, 0.3) is 0 Å². The summed E-state index contributed by atoms with van der Waals surface area (Å²) in [6, 6.07) is 5.54. The number of carbonyl (C=O) groups is 1. The molecule has 4 heteroatoms. The molecule has 1 amide bonds. The number of likely N-dealkylation sites (tertiary alicyclic amines) is 1. The molecule has 18 heavy (non-hydrogen) atoms. The van der Waals surface area contributed by atoms with Crippen LogP contribution in [0.1, 0.15) is 22.3 Å². The zero-order valence-corrected chi connectivity index (χ0v) is 11.2. The van der Waals surface area contributed by atoms with Gasteiger partial charge in [-0.3, -0.25) is 4.79 Å². The summed E-state index contributed by atoms with van der Waals surface area (Å²) in [7, 11) is 4.08. The standard InChI is InChI=1S/C14H20N2O2/c1-10-12(5-4-6-13(10)17)14(18)16-8-7-11(9-16)15(2)3/h4-6,11,17H,7-9H2,1-3H3. The van der Waals surface area contributed by atoms with Gasteiger partial charge in [-0.25, -0.2) is 0 Å². The van der Waals surface area contributed by atoms with Crippen LogP contribution < -0.4 is 0 Å². The maximum Gasteiger partial charge on any atom is 0.254 e. The van der Waals surface area contributed by atoms with Gasteiger partial charge in [-0.05, 0) is 39.6 Å². The average molecular weight is 248 g/mol. The first-order chi connectivity index (χ1) is 8.50. The summed E-state index contributed by atoms with van der Waals surface area (Å²) >= 11 is 0. The molecule has 1 saturated heterocycles. The largest absolute Gasteiger partial charge is 0.508 e. The van der Waals surface area contributed by atoms with Crippen molar-refractivity contribution < 1.29 is 9.90 Å². The second-order valence-corrected chi connectivity index (χ2v) is 5.11. The van der Waals surface area contributed by atoms with Crippen LogP contribution >= 0.6 is 0 Å². The topological polar surface area (TPSA) is 43.8 Å². The number of phenols is 1. The summed E-state index contributed by atoms with van der Waals surface area (Å²) in [5, 5.41) is 9.65. The van der Waals surface area contributed by atoms with Crippen LogP contribution in [0, 0.1) is 6.92 Å². The zero-order chi connectivity index (χ0) is 13.3. The van der Waals surface area contributed by atoms with Crippen LogP contribution in [-0.4, -0.2) is 54.0 Å². The van der Waals surface area contributed by atoms with Gasteiger partial charge in [0.25, 0.3) is 5.91 Å². The highest BCUT2D eigenvalue weighted by Gasteiger charge is 2.28. The number of rotatable bonds is 2. The molecule has 0 aliphatic carbocycles. The fourth-order valence-electron chi connectivity index (χ4n) is 2.37. The Morgan fingerprint density at radius 2 is 2.17 bits per heavy atom. The molecule has 0 radical (unpaired) electrons. The summed E-state index contributed by atoms with van der Waals surface area (Å²) in [6.07, 6.45) is 1.01. The SMILES string of the molecule is Cc1c(O)cccc1C(=O)N1CCC(N(C)C)C1. The Morgan fingerprint density at radius 1 is 1.44 bits per heavy atom. The number of aromatic hydroxyl groups is 1. The van der Waals surface area contributed by atoms with Crippen molar-refractivity contribution in [3.63, 3.8) is 0 Å². The lowest BCUT2D eigenvalue weighted by atomic mass is 10.1. The fraction of sp³-hybridized carbons (Fsp3) is 0.500. The molecular formula is C14H20N2O2. The molecule has 4 nitrogen and oxygen atoms in total. The lowest BCUT2D eigenvalue weighted by Crippen LogP contribution is -2.34. The maximum atomic E-state index is 12.4.